The van der Waals surface area contributed by atoms with Crippen LogP contribution in [0.25, 0.3) is 10.4 Å². The fourth-order valence-corrected chi connectivity index (χ4v) is 8.15. The Labute approximate surface area is 386 Å². The number of amides is 3. The zero-order valence-electron chi connectivity index (χ0n) is 33.6. The van der Waals surface area contributed by atoms with Crippen molar-refractivity contribution in [3.8, 4) is 5.75 Å². The van der Waals surface area contributed by atoms with E-state index in [0.29, 0.717) is 38.4 Å². The van der Waals surface area contributed by atoms with Gasteiger partial charge in [-0.25, -0.2) is 0 Å². The number of nitrogens with two attached hydrogens (primary N) is 1. The number of methoxy groups -OCH3 is 1. The minimum absolute atomic E-state index is 0.0616. The number of azide groups is 1. The number of nitrogens with one attached hydrogen (secondary N) is 4. The van der Waals surface area contributed by atoms with E-state index in [1.165, 1.54) is 25.8 Å². The lowest BCUT2D eigenvalue weighted by Crippen LogP contribution is -2.26. The van der Waals surface area contributed by atoms with Gasteiger partial charge in [-0.2, -0.15) is 13.2 Å². The first-order valence-corrected chi connectivity index (χ1v) is 21.3. The first-order valence-electron chi connectivity index (χ1n) is 19.1. The summed E-state index contributed by atoms with van der Waals surface area (Å²) in [7, 11) is 2.83. The highest BCUT2D eigenvalue weighted by atomic mass is 127. The van der Waals surface area contributed by atoms with Gasteiger partial charge in [0, 0.05) is 47.6 Å². The van der Waals surface area contributed by atoms with Gasteiger partial charge in [-0.3, -0.25) is 19.2 Å². The third-order valence-corrected chi connectivity index (χ3v) is 11.7. The van der Waals surface area contributed by atoms with Crippen molar-refractivity contribution in [1.29, 1.82) is 0 Å². The van der Waals surface area contributed by atoms with Crippen molar-refractivity contribution in [2.24, 2.45) is 15.9 Å². The Balaban J connectivity index is 0.000000177. The zero-order chi connectivity index (χ0) is 45.3. The maximum Gasteiger partial charge on any atom is 0.417 e. The molecule has 0 aliphatic carbocycles. The predicted molar refractivity (Wildman–Crippen MR) is 249 cm³/mol. The van der Waals surface area contributed by atoms with Gasteiger partial charge >= 0.3 is 6.18 Å². The number of anilines is 2. The van der Waals surface area contributed by atoms with Crippen LogP contribution in [0, 0.1) is 7.14 Å². The smallest absolute Gasteiger partial charge is 0.417 e. The second-order valence-electron chi connectivity index (χ2n) is 13.8. The van der Waals surface area contributed by atoms with Crippen molar-refractivity contribution in [2.75, 3.05) is 37.9 Å². The fourth-order valence-electron chi connectivity index (χ4n) is 6.80. The standard InChI is InChI=1S/C19H16F3IN4O2.C17H16IN5O2.C7H7NO/c1-29-27-17(26-27)12-7-14(19(20,21)22)15(23)8-13(12)18(28)25-16-4-2-3-10-9-24-6-5-11(10)16;1-25-16-8-15(22-23-19)13(18)7-12(16)17(24)21-14-4-2-3-10-9-20-6-5-11(10)14;8-7(9)6-4-2-1-3-5-6/h2-4,7-8,24H,5-6,9H2,1H3,(H,25,28);2-4,7-8,20H,5-6,9H2,1H3,(H,21,24);1-5H,(H2,8,9). The van der Waals surface area contributed by atoms with Gasteiger partial charge in [0.25, 0.3) is 11.8 Å². The molecule has 3 heterocycles. The first kappa shape index (κ1) is 46.7. The molecule has 63 heavy (non-hydrogen) atoms. The van der Waals surface area contributed by atoms with Crippen LogP contribution in [0.15, 0.2) is 101 Å². The number of fused-ring (bicyclic) bond motifs is 2. The number of carbonyl (C=O) groups excluding carboxylic acids is 3. The zero-order valence-corrected chi connectivity index (χ0v) is 38.0. The molecule has 3 aliphatic heterocycles. The summed E-state index contributed by atoms with van der Waals surface area (Å²) in [6, 6.07) is 25.7. The van der Waals surface area contributed by atoms with E-state index in [9.17, 15) is 27.6 Å². The van der Waals surface area contributed by atoms with Crippen LogP contribution < -0.4 is 31.7 Å². The first-order chi connectivity index (χ1) is 30.2. The molecule has 5 aromatic carbocycles. The maximum absolute atomic E-state index is 13.4. The SMILES string of the molecule is CON1N=C1c1cc(C(F)(F)F)c(I)cc1C(=O)Nc1cccc2c1CCNC2.COc1cc(N=[N+]=[N-])c(I)cc1C(=O)Nc1cccc2c1CCNC2.NC(=O)c1ccccc1. The van der Waals surface area contributed by atoms with E-state index in [1.54, 1.807) is 65.1 Å². The van der Waals surface area contributed by atoms with Crippen molar-refractivity contribution in [2.45, 2.75) is 32.1 Å². The van der Waals surface area contributed by atoms with E-state index in [1.807, 2.05) is 52.9 Å². The summed E-state index contributed by atoms with van der Waals surface area (Å²) in [5, 5.41) is 21.0. The molecule has 0 saturated heterocycles. The van der Waals surface area contributed by atoms with Crippen molar-refractivity contribution in [1.82, 2.24) is 15.8 Å². The second kappa shape index (κ2) is 21.1. The fraction of sp³-hybridized carbons (Fsp3) is 0.209. The lowest BCUT2D eigenvalue weighted by atomic mass is 9.98. The molecule has 3 aliphatic rings. The lowest BCUT2D eigenvalue weighted by Gasteiger charge is -2.21. The molecule has 0 bridgehead atoms. The molecular formula is C43H39F3I2N10O5. The number of hydrazone groups is 1. The van der Waals surface area contributed by atoms with Crippen LogP contribution in [0.1, 0.15) is 64.5 Å². The number of benzene rings is 5. The number of nitrogens with zero attached hydrogens (tertiary/aromatic N) is 5. The van der Waals surface area contributed by atoms with E-state index in [4.69, 9.17) is 20.8 Å². The van der Waals surface area contributed by atoms with Crippen LogP contribution >= 0.6 is 45.2 Å². The summed E-state index contributed by atoms with van der Waals surface area (Å²) in [5.41, 5.74) is 20.3. The van der Waals surface area contributed by atoms with Gasteiger partial charge in [0.1, 0.15) is 5.75 Å². The molecule has 3 amide bonds. The summed E-state index contributed by atoms with van der Waals surface area (Å²) in [6.07, 6.45) is -2.91. The summed E-state index contributed by atoms with van der Waals surface area (Å²) >= 11 is 3.62. The molecule has 20 heteroatoms. The van der Waals surface area contributed by atoms with E-state index < -0.39 is 17.6 Å². The molecular weight excluding hydrogens is 1050 g/mol. The van der Waals surface area contributed by atoms with E-state index in [0.717, 1.165) is 66.1 Å². The van der Waals surface area contributed by atoms with Crippen molar-refractivity contribution >= 4 is 85.8 Å². The maximum atomic E-state index is 13.4. The normalized spacial score (nSPS) is 13.5. The predicted octanol–water partition coefficient (Wildman–Crippen LogP) is 8.67. The summed E-state index contributed by atoms with van der Waals surface area (Å²) in [4.78, 5) is 44.0. The Morgan fingerprint density at radius 2 is 1.40 bits per heavy atom. The van der Waals surface area contributed by atoms with Crippen LogP contribution in [0.5, 0.6) is 5.75 Å². The third-order valence-electron chi connectivity index (χ3n) is 9.90. The number of hydroxylamine groups is 1. The topological polar surface area (TPSA) is 208 Å². The van der Waals surface area contributed by atoms with E-state index >= 15 is 0 Å². The average Bonchev–Trinajstić information content (AvgIpc) is 4.07. The summed E-state index contributed by atoms with van der Waals surface area (Å²) in [6.45, 7) is 3.20. The average molecular weight is 1090 g/mol. The quantitative estimate of drug-likeness (QED) is 0.0417. The molecule has 6 N–H and O–H groups in total. The third kappa shape index (κ3) is 11.6. The molecule has 0 fully saturated rings. The van der Waals surface area contributed by atoms with Crippen molar-refractivity contribution in [3.05, 3.63) is 159 Å². The van der Waals surface area contributed by atoms with Crippen LogP contribution in [-0.4, -0.2) is 56.0 Å². The van der Waals surface area contributed by atoms with Gasteiger partial charge in [-0.15, -0.1) is 10.3 Å². The van der Waals surface area contributed by atoms with Crippen LogP contribution in [0.3, 0.4) is 0 Å². The van der Waals surface area contributed by atoms with E-state index in [2.05, 4.69) is 42.5 Å². The number of alkyl halides is 3. The molecule has 0 aromatic heterocycles. The Kier molecular flexibility index (Phi) is 15.6. The number of hydrogen-bond acceptors (Lipinski definition) is 10. The van der Waals surface area contributed by atoms with Crippen LogP contribution in [-0.2, 0) is 36.9 Å². The van der Waals surface area contributed by atoms with Gasteiger partial charge in [0.15, 0.2) is 0 Å². The molecule has 5 aromatic rings. The Morgan fingerprint density at radius 3 is 1.89 bits per heavy atom. The number of amidine groups is 1. The van der Waals surface area contributed by atoms with Gasteiger partial charge in [0.05, 0.1) is 36.6 Å². The number of carbonyl (C=O) groups is 3. The van der Waals surface area contributed by atoms with Gasteiger partial charge in [-0.1, -0.05) is 47.6 Å². The van der Waals surface area contributed by atoms with E-state index in [-0.39, 0.29) is 32.3 Å². The Bertz CT molecular complexity index is 2630. The highest BCUT2D eigenvalue weighted by Crippen LogP contribution is 2.37. The Hall–Kier alpha value is -5.78. The Morgan fingerprint density at radius 1 is 0.825 bits per heavy atom. The second-order valence-corrected chi connectivity index (χ2v) is 16.2. The number of primary amides is 1. The van der Waals surface area contributed by atoms with Gasteiger partial charge in [0.2, 0.25) is 11.7 Å². The molecule has 0 radical (unpaired) electrons. The summed E-state index contributed by atoms with van der Waals surface area (Å²) in [5.74, 6) is -0.584. The highest BCUT2D eigenvalue weighted by molar-refractivity contribution is 14.1. The molecule has 15 nitrogen and oxygen atoms in total. The minimum Gasteiger partial charge on any atom is -0.496 e. The van der Waals surface area contributed by atoms with Crippen molar-refractivity contribution < 1.29 is 37.1 Å². The van der Waals surface area contributed by atoms with Crippen molar-refractivity contribution in [3.63, 3.8) is 0 Å². The number of hydrogen-bond donors (Lipinski definition) is 5. The monoisotopic (exact) mass is 1090 g/mol. The molecule has 8 rings (SSSR count). The molecule has 326 valence electrons. The molecule has 0 atom stereocenters. The largest absolute Gasteiger partial charge is 0.496 e. The van der Waals surface area contributed by atoms with Crippen LogP contribution in [0.2, 0.25) is 0 Å². The number of rotatable bonds is 9. The number of halogens is 5. The summed E-state index contributed by atoms with van der Waals surface area (Å²) < 4.78 is 46.0. The minimum atomic E-state index is -4.54. The molecule has 0 spiro atoms. The number of ether oxygens (including phenoxy) is 1. The molecule has 0 saturated carbocycles. The highest BCUT2D eigenvalue weighted by Gasteiger charge is 2.38. The van der Waals surface area contributed by atoms with Gasteiger partial charge < -0.3 is 31.7 Å². The lowest BCUT2D eigenvalue weighted by molar-refractivity contribution is -0.138. The van der Waals surface area contributed by atoms with Crippen LogP contribution in [0.4, 0.5) is 30.2 Å². The van der Waals surface area contributed by atoms with Gasteiger partial charge in [-0.05, 0) is 147 Å². The molecule has 0 unspecified atom stereocenters.